The van der Waals surface area contributed by atoms with Gasteiger partial charge in [0.25, 0.3) is 5.22 Å². The number of hydrogen-bond acceptors (Lipinski definition) is 6. The highest BCUT2D eigenvalue weighted by molar-refractivity contribution is 8.00. The summed E-state index contributed by atoms with van der Waals surface area (Å²) >= 11 is 1.29. The second-order valence-corrected chi connectivity index (χ2v) is 7.36. The summed E-state index contributed by atoms with van der Waals surface area (Å²) in [6, 6.07) is 3.98. The van der Waals surface area contributed by atoms with Crippen LogP contribution in [0.25, 0.3) is 11.5 Å². The third-order valence-electron chi connectivity index (χ3n) is 4.16. The number of rotatable bonds is 5. The first-order chi connectivity index (χ1) is 11.7. The van der Waals surface area contributed by atoms with E-state index in [0.29, 0.717) is 17.2 Å². The molecule has 6 nitrogen and oxygen atoms in total. The molecule has 2 aromatic rings. The molecule has 0 radical (unpaired) electrons. The first kappa shape index (κ1) is 17.0. The molecule has 1 aliphatic rings. The normalized spacial score (nSPS) is 17.2. The summed E-state index contributed by atoms with van der Waals surface area (Å²) in [5, 5.41) is 11.3. The zero-order chi connectivity index (χ0) is 16.8. The Morgan fingerprint density at radius 3 is 2.79 bits per heavy atom. The van der Waals surface area contributed by atoms with E-state index in [1.165, 1.54) is 37.4 Å². The Hall–Kier alpha value is -1.89. The maximum absolute atomic E-state index is 12.4. The van der Waals surface area contributed by atoms with Gasteiger partial charge in [-0.05, 0) is 31.9 Å². The zero-order valence-electron chi connectivity index (χ0n) is 13.8. The highest BCUT2D eigenvalue weighted by Crippen LogP contribution is 2.26. The number of carbonyl (C=O) groups excluding carboxylic acids is 1. The van der Waals surface area contributed by atoms with E-state index in [9.17, 15) is 4.79 Å². The fourth-order valence-corrected chi connectivity index (χ4v) is 3.50. The lowest BCUT2D eigenvalue weighted by Crippen LogP contribution is -2.39. The second-order valence-electron chi connectivity index (χ2n) is 6.07. The molecule has 2 aromatic heterocycles. The van der Waals surface area contributed by atoms with Gasteiger partial charge in [-0.25, -0.2) is 0 Å². The van der Waals surface area contributed by atoms with Crippen molar-refractivity contribution in [3.05, 3.63) is 24.5 Å². The molecule has 1 N–H and O–H groups in total. The monoisotopic (exact) mass is 346 g/mol. The number of nitrogens with one attached hydrogen (secondary N) is 1. The summed E-state index contributed by atoms with van der Waals surface area (Å²) in [4.78, 5) is 16.4. The molecule has 128 valence electrons. The Morgan fingerprint density at radius 1 is 1.29 bits per heavy atom. The fraction of sp³-hybridized carbons (Fsp3) is 0.529. The van der Waals surface area contributed by atoms with E-state index in [-0.39, 0.29) is 11.2 Å². The SMILES string of the molecule is C[C@@H](Sc1nnc(-c2cccnc2)o1)C(=O)NC1CCCCCC1. The predicted molar refractivity (Wildman–Crippen MR) is 92.5 cm³/mol. The summed E-state index contributed by atoms with van der Waals surface area (Å²) in [5.74, 6) is 0.454. The molecule has 1 fully saturated rings. The van der Waals surface area contributed by atoms with Crippen LogP contribution in [0.3, 0.4) is 0 Å². The van der Waals surface area contributed by atoms with Crippen LogP contribution in [0, 0.1) is 0 Å². The van der Waals surface area contributed by atoms with Crippen molar-refractivity contribution in [3.63, 3.8) is 0 Å². The van der Waals surface area contributed by atoms with Crippen LogP contribution in [0.15, 0.2) is 34.2 Å². The van der Waals surface area contributed by atoms with E-state index in [0.717, 1.165) is 18.4 Å². The van der Waals surface area contributed by atoms with Crippen molar-refractivity contribution < 1.29 is 9.21 Å². The quantitative estimate of drug-likeness (QED) is 0.660. The Labute approximate surface area is 145 Å². The highest BCUT2D eigenvalue weighted by Gasteiger charge is 2.22. The van der Waals surface area contributed by atoms with Crippen LogP contribution in [0.1, 0.15) is 45.4 Å². The van der Waals surface area contributed by atoms with Gasteiger partial charge in [0.05, 0.1) is 10.8 Å². The lowest BCUT2D eigenvalue weighted by atomic mass is 10.1. The number of thioether (sulfide) groups is 1. The van der Waals surface area contributed by atoms with E-state index in [1.807, 2.05) is 19.1 Å². The molecule has 2 heterocycles. The molecule has 1 aliphatic carbocycles. The highest BCUT2D eigenvalue weighted by atomic mass is 32.2. The number of aromatic nitrogens is 3. The third kappa shape index (κ3) is 4.56. The maximum atomic E-state index is 12.4. The van der Waals surface area contributed by atoms with Crippen molar-refractivity contribution >= 4 is 17.7 Å². The molecule has 0 bridgehead atoms. The number of hydrogen-bond donors (Lipinski definition) is 1. The summed E-state index contributed by atoms with van der Waals surface area (Å²) in [6.45, 7) is 1.87. The molecule has 1 saturated carbocycles. The summed E-state index contributed by atoms with van der Waals surface area (Å²) < 4.78 is 5.62. The Balaban J connectivity index is 1.55. The van der Waals surface area contributed by atoms with Crippen molar-refractivity contribution in [3.8, 4) is 11.5 Å². The molecule has 0 aliphatic heterocycles. The molecular weight excluding hydrogens is 324 g/mol. The standard InChI is InChI=1S/C17H22N4O2S/c1-12(15(22)19-14-8-4-2-3-5-9-14)24-17-21-20-16(23-17)13-7-6-10-18-11-13/h6-7,10-12,14H,2-5,8-9H2,1H3,(H,19,22)/t12-/m1/s1. The van der Waals surface area contributed by atoms with Crippen LogP contribution >= 0.6 is 11.8 Å². The van der Waals surface area contributed by atoms with E-state index < -0.39 is 0 Å². The number of nitrogens with zero attached hydrogens (tertiary/aromatic N) is 3. The third-order valence-corrected chi connectivity index (χ3v) is 5.10. The Bertz CT molecular complexity index is 654. The molecule has 0 saturated heterocycles. The molecule has 3 rings (SSSR count). The van der Waals surface area contributed by atoms with Crippen molar-refractivity contribution in [1.29, 1.82) is 0 Å². The van der Waals surface area contributed by atoms with Gasteiger partial charge in [-0.2, -0.15) is 0 Å². The lowest BCUT2D eigenvalue weighted by molar-refractivity contribution is -0.121. The van der Waals surface area contributed by atoms with E-state index >= 15 is 0 Å². The van der Waals surface area contributed by atoms with Crippen molar-refractivity contribution in [2.24, 2.45) is 0 Å². The average Bonchev–Trinajstić information content (AvgIpc) is 2.91. The predicted octanol–water partition coefficient (Wildman–Crippen LogP) is 3.45. The smallest absolute Gasteiger partial charge is 0.277 e. The van der Waals surface area contributed by atoms with E-state index in [4.69, 9.17) is 4.42 Å². The van der Waals surface area contributed by atoms with Gasteiger partial charge in [-0.3, -0.25) is 9.78 Å². The topological polar surface area (TPSA) is 80.9 Å². The largest absolute Gasteiger partial charge is 0.411 e. The van der Waals surface area contributed by atoms with E-state index in [1.54, 1.807) is 12.4 Å². The summed E-state index contributed by atoms with van der Waals surface area (Å²) in [6.07, 6.45) is 10.5. The van der Waals surface area contributed by atoms with Gasteiger partial charge in [0.1, 0.15) is 0 Å². The molecule has 1 amide bonds. The maximum Gasteiger partial charge on any atom is 0.277 e. The number of pyridine rings is 1. The Kier molecular flexibility index (Phi) is 5.85. The van der Waals surface area contributed by atoms with Crippen LogP contribution in [0.4, 0.5) is 0 Å². The van der Waals surface area contributed by atoms with Crippen LogP contribution in [0.5, 0.6) is 0 Å². The number of amides is 1. The molecule has 24 heavy (non-hydrogen) atoms. The lowest BCUT2D eigenvalue weighted by Gasteiger charge is -2.18. The minimum atomic E-state index is -0.268. The Morgan fingerprint density at radius 2 is 2.08 bits per heavy atom. The van der Waals surface area contributed by atoms with Crippen LogP contribution in [-0.2, 0) is 4.79 Å². The molecule has 0 spiro atoms. The van der Waals surface area contributed by atoms with Gasteiger partial charge in [-0.1, -0.05) is 37.4 Å². The summed E-state index contributed by atoms with van der Waals surface area (Å²) in [7, 11) is 0. The average molecular weight is 346 g/mol. The minimum Gasteiger partial charge on any atom is -0.411 e. The zero-order valence-corrected chi connectivity index (χ0v) is 14.6. The van der Waals surface area contributed by atoms with Crippen molar-refractivity contribution in [2.45, 2.75) is 62.0 Å². The molecule has 0 unspecified atom stereocenters. The van der Waals surface area contributed by atoms with Crippen LogP contribution < -0.4 is 5.32 Å². The van der Waals surface area contributed by atoms with Gasteiger partial charge in [0, 0.05) is 18.4 Å². The first-order valence-electron chi connectivity index (χ1n) is 8.43. The van der Waals surface area contributed by atoms with E-state index in [2.05, 4.69) is 20.5 Å². The summed E-state index contributed by atoms with van der Waals surface area (Å²) in [5.41, 5.74) is 0.771. The molecular formula is C17H22N4O2S. The molecule has 7 heteroatoms. The molecule has 0 aromatic carbocycles. The minimum absolute atomic E-state index is 0.0352. The van der Waals surface area contributed by atoms with Crippen molar-refractivity contribution in [1.82, 2.24) is 20.5 Å². The number of carbonyl (C=O) groups is 1. The van der Waals surface area contributed by atoms with Crippen LogP contribution in [-0.4, -0.2) is 32.4 Å². The second kappa shape index (κ2) is 8.28. The van der Waals surface area contributed by atoms with Crippen LogP contribution in [0.2, 0.25) is 0 Å². The fourth-order valence-electron chi connectivity index (χ4n) is 2.81. The molecule has 1 atom stereocenters. The van der Waals surface area contributed by atoms with Gasteiger partial charge < -0.3 is 9.73 Å². The first-order valence-corrected chi connectivity index (χ1v) is 9.31. The van der Waals surface area contributed by atoms with Gasteiger partial charge >= 0.3 is 0 Å². The van der Waals surface area contributed by atoms with Crippen molar-refractivity contribution in [2.75, 3.05) is 0 Å². The van der Waals surface area contributed by atoms with Gasteiger partial charge in [0.15, 0.2) is 0 Å². The van der Waals surface area contributed by atoms with Gasteiger partial charge in [-0.15, -0.1) is 10.2 Å². The van der Waals surface area contributed by atoms with Gasteiger partial charge in [0.2, 0.25) is 11.8 Å².